The summed E-state index contributed by atoms with van der Waals surface area (Å²) >= 11 is 0. The lowest BCUT2D eigenvalue weighted by Gasteiger charge is -2.39. The van der Waals surface area contributed by atoms with Gasteiger partial charge < -0.3 is 10.1 Å². The molecule has 1 saturated heterocycles. The number of halogens is 1. The molecular formula is C15H23FN2O. The summed E-state index contributed by atoms with van der Waals surface area (Å²) in [4.78, 5) is 2.25. The highest BCUT2D eigenvalue weighted by atomic mass is 19.1. The van der Waals surface area contributed by atoms with E-state index < -0.39 is 0 Å². The van der Waals surface area contributed by atoms with E-state index in [-0.39, 0.29) is 18.0 Å². The maximum absolute atomic E-state index is 13.8. The van der Waals surface area contributed by atoms with Gasteiger partial charge in [0.2, 0.25) is 0 Å². The van der Waals surface area contributed by atoms with E-state index in [1.54, 1.807) is 13.0 Å². The van der Waals surface area contributed by atoms with Gasteiger partial charge >= 0.3 is 0 Å². The summed E-state index contributed by atoms with van der Waals surface area (Å²) in [6.45, 7) is 7.18. The predicted octanol–water partition coefficient (Wildman–Crippen LogP) is 2.12. The summed E-state index contributed by atoms with van der Waals surface area (Å²) in [5.74, 6) is -0.140. The van der Waals surface area contributed by atoms with Gasteiger partial charge in [0, 0.05) is 13.1 Å². The zero-order chi connectivity index (χ0) is 13.8. The molecule has 0 radical (unpaired) electrons. The fourth-order valence-electron chi connectivity index (χ4n) is 2.58. The van der Waals surface area contributed by atoms with E-state index in [1.807, 2.05) is 12.1 Å². The number of ether oxygens (including phenoxy) is 1. The molecule has 1 N–H and O–H groups in total. The van der Waals surface area contributed by atoms with Crippen molar-refractivity contribution in [3.8, 4) is 0 Å². The van der Waals surface area contributed by atoms with Crippen molar-refractivity contribution in [2.45, 2.75) is 26.0 Å². The molecule has 2 atom stereocenters. The van der Waals surface area contributed by atoms with Crippen molar-refractivity contribution in [3.05, 3.63) is 35.1 Å². The van der Waals surface area contributed by atoms with Crippen molar-refractivity contribution in [2.75, 3.05) is 33.3 Å². The first-order valence-corrected chi connectivity index (χ1v) is 6.92. The minimum absolute atomic E-state index is 0.0702. The number of benzene rings is 1. The molecule has 0 aliphatic carbocycles. The molecule has 1 aliphatic heterocycles. The molecule has 0 spiro atoms. The molecule has 1 aliphatic rings. The third-order valence-corrected chi connectivity index (χ3v) is 3.74. The highest BCUT2D eigenvalue weighted by Crippen LogP contribution is 2.29. The predicted molar refractivity (Wildman–Crippen MR) is 74.8 cm³/mol. The Labute approximate surface area is 114 Å². The van der Waals surface area contributed by atoms with Crippen LogP contribution in [0.25, 0.3) is 0 Å². The summed E-state index contributed by atoms with van der Waals surface area (Å²) in [5.41, 5.74) is 1.68. The van der Waals surface area contributed by atoms with E-state index in [2.05, 4.69) is 24.2 Å². The molecule has 2 rings (SSSR count). The molecule has 4 heteroatoms. The summed E-state index contributed by atoms with van der Waals surface area (Å²) < 4.78 is 19.6. The first-order chi connectivity index (χ1) is 9.13. The van der Waals surface area contributed by atoms with E-state index in [1.165, 1.54) is 0 Å². The first-order valence-electron chi connectivity index (χ1n) is 6.92. The Hall–Kier alpha value is -0.970. The van der Waals surface area contributed by atoms with E-state index in [0.717, 1.165) is 31.8 Å². The molecule has 0 bridgehead atoms. The smallest absolute Gasteiger partial charge is 0.126 e. The number of likely N-dealkylation sites (N-methyl/N-ethyl adjacent to an activating group) is 2. The molecule has 1 fully saturated rings. The van der Waals surface area contributed by atoms with Crippen LogP contribution < -0.4 is 5.32 Å². The van der Waals surface area contributed by atoms with Crippen LogP contribution >= 0.6 is 0 Å². The molecule has 1 aromatic rings. The van der Waals surface area contributed by atoms with Crippen LogP contribution in [0.3, 0.4) is 0 Å². The average Bonchev–Trinajstić information content (AvgIpc) is 2.40. The van der Waals surface area contributed by atoms with E-state index in [9.17, 15) is 4.39 Å². The number of hydrogen-bond donors (Lipinski definition) is 1. The Bertz CT molecular complexity index is 425. The second-order valence-corrected chi connectivity index (χ2v) is 5.15. The Balaban J connectivity index is 2.22. The quantitative estimate of drug-likeness (QED) is 0.903. The largest absolute Gasteiger partial charge is 0.374 e. The van der Waals surface area contributed by atoms with Crippen LogP contribution in [0, 0.1) is 12.7 Å². The second kappa shape index (κ2) is 6.46. The van der Waals surface area contributed by atoms with Gasteiger partial charge in [-0.3, -0.25) is 4.90 Å². The summed E-state index contributed by atoms with van der Waals surface area (Å²) in [6.07, 6.45) is 0.0702. The molecule has 106 valence electrons. The molecule has 19 heavy (non-hydrogen) atoms. The standard InChI is InChI=1S/C15H23FN2O/c1-4-17-10-14-15(18(3)7-8-19-14)12-6-5-11(2)13(16)9-12/h5-6,9,14-15,17H,4,7-8,10H2,1-3H3. The number of nitrogens with one attached hydrogen (secondary N) is 1. The zero-order valence-corrected chi connectivity index (χ0v) is 11.9. The second-order valence-electron chi connectivity index (χ2n) is 5.15. The minimum Gasteiger partial charge on any atom is -0.374 e. The first kappa shape index (κ1) is 14.4. The lowest BCUT2D eigenvalue weighted by Crippen LogP contribution is -2.47. The van der Waals surface area contributed by atoms with Crippen LogP contribution in [0.4, 0.5) is 4.39 Å². The molecule has 2 unspecified atom stereocenters. The summed E-state index contributed by atoms with van der Waals surface area (Å²) in [5, 5.41) is 3.32. The molecule has 0 saturated carbocycles. The van der Waals surface area contributed by atoms with E-state index in [4.69, 9.17) is 4.74 Å². The van der Waals surface area contributed by atoms with Crippen LogP contribution in [0.1, 0.15) is 24.1 Å². The SMILES string of the molecule is CCNCC1OCCN(C)C1c1ccc(C)c(F)c1. The normalized spacial score (nSPS) is 24.6. The van der Waals surface area contributed by atoms with E-state index >= 15 is 0 Å². The van der Waals surface area contributed by atoms with Crippen molar-refractivity contribution in [1.82, 2.24) is 10.2 Å². The maximum Gasteiger partial charge on any atom is 0.126 e. The van der Waals surface area contributed by atoms with Gasteiger partial charge in [0.15, 0.2) is 0 Å². The van der Waals surface area contributed by atoms with Crippen molar-refractivity contribution in [3.63, 3.8) is 0 Å². The van der Waals surface area contributed by atoms with Crippen LogP contribution in [0.2, 0.25) is 0 Å². The average molecular weight is 266 g/mol. The van der Waals surface area contributed by atoms with Crippen LogP contribution in [-0.4, -0.2) is 44.3 Å². The monoisotopic (exact) mass is 266 g/mol. The Morgan fingerprint density at radius 2 is 2.26 bits per heavy atom. The topological polar surface area (TPSA) is 24.5 Å². The number of morpholine rings is 1. The highest BCUT2D eigenvalue weighted by Gasteiger charge is 2.31. The maximum atomic E-state index is 13.8. The molecule has 1 heterocycles. The number of aryl methyl sites for hydroxylation is 1. The van der Waals surface area contributed by atoms with Gasteiger partial charge in [0.25, 0.3) is 0 Å². The van der Waals surface area contributed by atoms with Gasteiger partial charge in [-0.05, 0) is 37.7 Å². The van der Waals surface area contributed by atoms with Crippen molar-refractivity contribution >= 4 is 0 Å². The van der Waals surface area contributed by atoms with Crippen LogP contribution in [-0.2, 0) is 4.74 Å². The molecular weight excluding hydrogens is 243 g/mol. The molecule has 3 nitrogen and oxygen atoms in total. The Kier molecular flexibility index (Phi) is 4.91. The third-order valence-electron chi connectivity index (χ3n) is 3.74. The van der Waals surface area contributed by atoms with Gasteiger partial charge in [0.1, 0.15) is 5.82 Å². The fraction of sp³-hybridized carbons (Fsp3) is 0.600. The highest BCUT2D eigenvalue weighted by molar-refractivity contribution is 5.27. The number of nitrogens with zero attached hydrogens (tertiary/aromatic N) is 1. The van der Waals surface area contributed by atoms with Crippen molar-refractivity contribution < 1.29 is 9.13 Å². The van der Waals surface area contributed by atoms with Gasteiger partial charge in [0.05, 0.1) is 18.8 Å². The number of rotatable bonds is 4. The number of hydrogen-bond acceptors (Lipinski definition) is 3. The summed E-state index contributed by atoms with van der Waals surface area (Å²) in [6, 6.07) is 5.61. The third kappa shape index (κ3) is 3.32. The van der Waals surface area contributed by atoms with Crippen molar-refractivity contribution in [2.24, 2.45) is 0 Å². The zero-order valence-electron chi connectivity index (χ0n) is 11.9. The van der Waals surface area contributed by atoms with Gasteiger partial charge in [-0.1, -0.05) is 19.1 Å². The molecule has 0 aromatic heterocycles. The Morgan fingerprint density at radius 1 is 1.47 bits per heavy atom. The molecule has 0 amide bonds. The minimum atomic E-state index is -0.140. The van der Waals surface area contributed by atoms with E-state index in [0.29, 0.717) is 5.56 Å². The van der Waals surface area contributed by atoms with Gasteiger partial charge in [-0.15, -0.1) is 0 Å². The van der Waals surface area contributed by atoms with Gasteiger partial charge in [-0.2, -0.15) is 0 Å². The Morgan fingerprint density at radius 3 is 2.95 bits per heavy atom. The van der Waals surface area contributed by atoms with Crippen LogP contribution in [0.5, 0.6) is 0 Å². The van der Waals surface area contributed by atoms with Gasteiger partial charge in [-0.25, -0.2) is 4.39 Å². The van der Waals surface area contributed by atoms with Crippen LogP contribution in [0.15, 0.2) is 18.2 Å². The fourth-order valence-corrected chi connectivity index (χ4v) is 2.58. The lowest BCUT2D eigenvalue weighted by molar-refractivity contribution is -0.0612. The van der Waals surface area contributed by atoms with Crippen molar-refractivity contribution in [1.29, 1.82) is 0 Å². The summed E-state index contributed by atoms with van der Waals surface area (Å²) in [7, 11) is 2.07. The lowest BCUT2D eigenvalue weighted by atomic mass is 9.97. The molecule has 1 aromatic carbocycles.